The van der Waals surface area contributed by atoms with E-state index in [2.05, 4.69) is 143 Å². The second kappa shape index (κ2) is 17.6. The molecule has 10 rings (SSSR count). The van der Waals surface area contributed by atoms with Crippen molar-refractivity contribution >= 4 is 62.2 Å². The number of para-hydroxylation sites is 2. The zero-order valence-corrected chi connectivity index (χ0v) is 31.5. The van der Waals surface area contributed by atoms with Gasteiger partial charge in [0.05, 0.1) is 5.52 Å². The van der Waals surface area contributed by atoms with Crippen molar-refractivity contribution in [2.75, 3.05) is 0 Å². The van der Waals surface area contributed by atoms with Crippen molar-refractivity contribution in [1.29, 1.82) is 0 Å². The average Bonchev–Trinajstić information content (AvgIpc) is 3.23. The largest absolute Gasteiger partial charge is 1.00 e. The Morgan fingerprint density at radius 2 is 0.911 bits per heavy atom. The molecule has 0 amide bonds. The summed E-state index contributed by atoms with van der Waals surface area (Å²) in [6, 6.07) is 57.2. The minimum Gasteiger partial charge on any atom is -1.00 e. The summed E-state index contributed by atoms with van der Waals surface area (Å²) < 4.78 is 0. The summed E-state index contributed by atoms with van der Waals surface area (Å²) in [6.07, 6.45) is 3.59. The Balaban J connectivity index is 0.000000328. The first-order chi connectivity index (χ1) is 26.2. The van der Waals surface area contributed by atoms with E-state index in [4.69, 9.17) is 15.0 Å². The number of hydrogen-bond acceptors (Lipinski definition) is 5. The molecule has 56 heavy (non-hydrogen) atoms. The van der Waals surface area contributed by atoms with Crippen molar-refractivity contribution in [1.82, 2.24) is 19.9 Å². The van der Waals surface area contributed by atoms with Gasteiger partial charge in [0.2, 0.25) is 5.52 Å². The van der Waals surface area contributed by atoms with Crippen molar-refractivity contribution in [3.8, 4) is 51.0 Å². The van der Waals surface area contributed by atoms with Crippen molar-refractivity contribution in [3.05, 3.63) is 190 Å². The molecular formula is C48H34Li2N5O-. The third kappa shape index (κ3) is 8.12. The van der Waals surface area contributed by atoms with E-state index in [1.54, 1.807) is 18.3 Å². The van der Waals surface area contributed by atoms with Crippen molar-refractivity contribution < 1.29 is 29.0 Å². The van der Waals surface area contributed by atoms with Crippen LogP contribution in [0.3, 0.4) is 0 Å². The van der Waals surface area contributed by atoms with Crippen LogP contribution in [0.1, 0.15) is 0 Å². The summed E-state index contributed by atoms with van der Waals surface area (Å²) in [4.78, 5) is 22.5. The second-order valence-corrected chi connectivity index (χ2v) is 12.8. The molecule has 0 aliphatic rings. The van der Waals surface area contributed by atoms with Gasteiger partial charge in [-0.3, -0.25) is 4.98 Å². The number of rotatable bonds is 4. The van der Waals surface area contributed by atoms with Gasteiger partial charge in [0.25, 0.3) is 0 Å². The first-order valence-electron chi connectivity index (χ1n) is 17.4. The number of benzene rings is 7. The third-order valence-corrected chi connectivity index (χ3v) is 9.40. The van der Waals surface area contributed by atoms with Gasteiger partial charge in [0.15, 0.2) is 23.7 Å². The average molecular weight is 711 g/mol. The predicted molar refractivity (Wildman–Crippen MR) is 224 cm³/mol. The Bertz CT molecular complexity index is 2830. The van der Waals surface area contributed by atoms with E-state index < -0.39 is 0 Å². The van der Waals surface area contributed by atoms with Gasteiger partial charge < -0.3 is 31.4 Å². The molecular weight excluding hydrogens is 676 g/mol. The Kier molecular flexibility index (Phi) is 12.4. The standard InChI is InChI=1S/C38H24N4.C9H7NO.CH3.2Li/c1-3-9-30-23-32(20-14-25(30)7-1)37-40-36(41-38(42-37)33-21-15-26-8-2-4-10-31(26)24-33)29-18-16-27(17-19-29)34-13-5-11-28-12-6-22-39-35(28)34;11-8-5-1-3-7-4-2-6-10-9(7)8;;;/h1-24H;1-6,11H;1H3;;/q;;2*-1;+1. The Hall–Kier alpha value is -6.12. The molecule has 0 saturated heterocycles. The molecule has 0 aliphatic carbocycles. The topological polar surface area (TPSA) is 88.8 Å². The summed E-state index contributed by atoms with van der Waals surface area (Å²) in [5.41, 5.74) is 6.71. The van der Waals surface area contributed by atoms with Crippen LogP contribution in [0.2, 0.25) is 0 Å². The summed E-state index contributed by atoms with van der Waals surface area (Å²) in [5, 5.41) is 17.9. The molecule has 0 atom stereocenters. The number of aromatic nitrogens is 5. The molecule has 6 nitrogen and oxygen atoms in total. The van der Waals surface area contributed by atoms with Crippen LogP contribution in [0.4, 0.5) is 0 Å². The van der Waals surface area contributed by atoms with Gasteiger partial charge in [-0.15, -0.1) is 0 Å². The molecule has 3 aromatic heterocycles. The number of nitrogens with zero attached hydrogens (tertiary/aromatic N) is 4. The van der Waals surface area contributed by atoms with Crippen LogP contribution < -0.4 is 29.0 Å². The van der Waals surface area contributed by atoms with E-state index in [-0.39, 0.29) is 50.9 Å². The molecule has 260 valence electrons. The number of H-pyrrole nitrogens is 1. The number of fused-ring (bicyclic) bond motifs is 4. The van der Waals surface area contributed by atoms with Crippen molar-refractivity contribution in [3.63, 3.8) is 0 Å². The Morgan fingerprint density at radius 1 is 0.429 bits per heavy atom. The van der Waals surface area contributed by atoms with Crippen LogP contribution in [-0.4, -0.2) is 38.8 Å². The molecule has 10 aromatic rings. The molecule has 7 aromatic carbocycles. The van der Waals surface area contributed by atoms with Gasteiger partial charge in [0.1, 0.15) is 0 Å². The predicted octanol–water partition coefficient (Wildman–Crippen LogP) is 7.20. The molecule has 1 N–H and O–H groups in total. The van der Waals surface area contributed by atoms with Gasteiger partial charge in [-0.2, -0.15) is 0 Å². The molecule has 0 aliphatic heterocycles. The molecule has 3 heterocycles. The molecule has 0 bridgehead atoms. The van der Waals surface area contributed by atoms with Gasteiger partial charge >= 0.3 is 18.9 Å². The molecule has 0 spiro atoms. The normalized spacial score (nSPS) is 10.5. The van der Waals surface area contributed by atoms with Crippen molar-refractivity contribution in [2.45, 2.75) is 0 Å². The third-order valence-electron chi connectivity index (χ3n) is 9.40. The van der Waals surface area contributed by atoms with Crippen LogP contribution >= 0.6 is 0 Å². The van der Waals surface area contributed by atoms with E-state index in [1.165, 1.54) is 10.8 Å². The second-order valence-electron chi connectivity index (χ2n) is 12.8. The van der Waals surface area contributed by atoms with E-state index in [9.17, 15) is 5.11 Å². The van der Waals surface area contributed by atoms with Crippen LogP contribution in [0.25, 0.3) is 88.6 Å². The van der Waals surface area contributed by atoms with Crippen LogP contribution in [0.5, 0.6) is 5.75 Å². The van der Waals surface area contributed by atoms with Gasteiger partial charge in [0, 0.05) is 45.3 Å². The molecule has 2 radical (unpaired) electrons. The fourth-order valence-corrected chi connectivity index (χ4v) is 6.68. The van der Waals surface area contributed by atoms with Crippen LogP contribution in [-0.2, 0) is 0 Å². The van der Waals surface area contributed by atoms with Gasteiger partial charge in [-0.05, 0) is 63.2 Å². The van der Waals surface area contributed by atoms with Crippen LogP contribution in [0, 0.1) is 7.43 Å². The maximum absolute atomic E-state index is 11.1. The number of aromatic amines is 1. The monoisotopic (exact) mass is 710 g/mol. The van der Waals surface area contributed by atoms with Gasteiger partial charge in [-0.1, -0.05) is 133 Å². The minimum absolute atomic E-state index is 0. The fourth-order valence-electron chi connectivity index (χ4n) is 6.68. The molecule has 0 fully saturated rings. The fraction of sp³-hybridized carbons (Fsp3) is 0. The number of pyridine rings is 2. The first kappa shape index (κ1) is 39.6. The summed E-state index contributed by atoms with van der Waals surface area (Å²) in [7, 11) is 0. The SMILES string of the molecule is [CH3-].[Li+].[Li-].[O-]c1cccc2ccc[nH+]c12.c1ccc2cc(-c3nc(-c4ccc(-c5cccc6cccnc56)cc4)nc(-c4ccc5ccccc5c4)n3)ccc2c1. The Labute approximate surface area is 349 Å². The summed E-state index contributed by atoms with van der Waals surface area (Å²) in [5.74, 6) is 1.98. The summed E-state index contributed by atoms with van der Waals surface area (Å²) in [6.45, 7) is 0. The smallest absolute Gasteiger partial charge is 1.00 e. The molecule has 8 heteroatoms. The maximum atomic E-state index is 11.1. The quantitative estimate of drug-likeness (QED) is 0.143. The maximum Gasteiger partial charge on any atom is 1.00 e. The van der Waals surface area contributed by atoms with Gasteiger partial charge in [-0.25, -0.2) is 19.9 Å². The van der Waals surface area contributed by atoms with Crippen molar-refractivity contribution in [2.24, 2.45) is 0 Å². The first-order valence-corrected chi connectivity index (χ1v) is 17.4. The summed E-state index contributed by atoms with van der Waals surface area (Å²) >= 11 is 0. The van der Waals surface area contributed by atoms with E-state index in [0.717, 1.165) is 54.9 Å². The van der Waals surface area contributed by atoms with E-state index >= 15 is 0 Å². The van der Waals surface area contributed by atoms with Crippen LogP contribution in [0.15, 0.2) is 182 Å². The Morgan fingerprint density at radius 3 is 1.54 bits per heavy atom. The van der Waals surface area contributed by atoms with E-state index in [0.29, 0.717) is 23.0 Å². The minimum atomic E-state index is 0. The number of hydrogen-bond donors (Lipinski definition) is 0. The zero-order valence-electron chi connectivity index (χ0n) is 31.5. The molecule has 0 unspecified atom stereocenters. The zero-order chi connectivity index (χ0) is 35.6. The molecule has 0 saturated carbocycles. The van der Waals surface area contributed by atoms with E-state index in [1.807, 2.05) is 30.5 Å². The number of nitrogens with one attached hydrogen (secondary N) is 1.